The first-order chi connectivity index (χ1) is 14.9. The van der Waals surface area contributed by atoms with Gasteiger partial charge in [0.05, 0.1) is 10.6 Å². The van der Waals surface area contributed by atoms with Gasteiger partial charge in [0.25, 0.3) is 11.1 Å². The summed E-state index contributed by atoms with van der Waals surface area (Å²) in [6.07, 6.45) is -12.1. The second-order valence-electron chi connectivity index (χ2n) is 6.56. The highest BCUT2D eigenvalue weighted by atomic mass is 35.5. The minimum Gasteiger partial charge on any atom is -0.325 e. The molecular weight excluding hydrogens is 486 g/mol. The Morgan fingerprint density at radius 1 is 1.00 bits per heavy atom. The third kappa shape index (κ3) is 3.23. The Kier molecular flexibility index (Phi) is 5.01. The molecule has 4 rings (SSSR count). The number of thiophene rings is 1. The van der Waals surface area contributed by atoms with E-state index < -0.39 is 46.4 Å². The molecule has 0 fully saturated rings. The summed E-state index contributed by atoms with van der Waals surface area (Å²) in [5.74, 6) is -1.80. The normalized spacial score (nSPS) is 15.7. The number of hydrogen-bond donors (Lipinski definition) is 2. The Labute approximate surface area is 182 Å². The molecule has 0 amide bonds. The number of aromatic amines is 1. The molecule has 2 N–H and O–H groups in total. The number of alkyl halides is 6. The predicted molar refractivity (Wildman–Crippen MR) is 106 cm³/mol. The molecule has 2 aromatic heterocycles. The molecule has 0 spiro atoms. The van der Waals surface area contributed by atoms with Crippen molar-refractivity contribution in [2.75, 3.05) is 5.32 Å². The van der Waals surface area contributed by atoms with Crippen LogP contribution in [0.3, 0.4) is 0 Å². The van der Waals surface area contributed by atoms with Crippen molar-refractivity contribution in [3.05, 3.63) is 78.1 Å². The van der Waals surface area contributed by atoms with E-state index in [9.17, 15) is 35.9 Å². The van der Waals surface area contributed by atoms with E-state index in [0.29, 0.717) is 4.57 Å². The zero-order valence-corrected chi connectivity index (χ0v) is 16.9. The van der Waals surface area contributed by atoms with Crippen molar-refractivity contribution in [3.8, 4) is 5.69 Å². The number of amidine groups is 1. The first kappa shape index (κ1) is 22.1. The molecule has 6 nitrogen and oxygen atoms in total. The van der Waals surface area contributed by atoms with E-state index >= 15 is 0 Å². The van der Waals surface area contributed by atoms with Crippen LogP contribution in [-0.2, 0) is 5.54 Å². The second kappa shape index (κ2) is 7.24. The number of fused-ring (bicyclic) bond motifs is 1. The lowest BCUT2D eigenvalue weighted by Crippen LogP contribution is -2.59. The van der Waals surface area contributed by atoms with Gasteiger partial charge < -0.3 is 5.32 Å². The molecule has 0 saturated heterocycles. The minimum absolute atomic E-state index is 0.0658. The Hall–Kier alpha value is -3.06. The van der Waals surface area contributed by atoms with E-state index in [1.165, 1.54) is 41.8 Å². The third-order valence-corrected chi connectivity index (χ3v) is 5.78. The van der Waals surface area contributed by atoms with Gasteiger partial charge in [0, 0.05) is 5.02 Å². The van der Waals surface area contributed by atoms with Gasteiger partial charge in [-0.25, -0.2) is 14.4 Å². The van der Waals surface area contributed by atoms with E-state index in [0.717, 1.165) is 11.3 Å². The van der Waals surface area contributed by atoms with Gasteiger partial charge >= 0.3 is 18.0 Å². The largest absolute Gasteiger partial charge is 0.427 e. The van der Waals surface area contributed by atoms with Gasteiger partial charge in [-0.1, -0.05) is 17.7 Å². The number of aromatic nitrogens is 2. The molecule has 3 aromatic rings. The van der Waals surface area contributed by atoms with Gasteiger partial charge in [0.2, 0.25) is 0 Å². The van der Waals surface area contributed by atoms with E-state index in [4.69, 9.17) is 11.6 Å². The minimum atomic E-state index is -6.07. The number of aliphatic imine (C=N–C) groups is 1. The SMILES string of the molecule is O=c1[nH]c(=O)n(-c2ccc(Cl)cc2)c2c1C(C(F)(F)F)(C(F)(F)F)N=C(c1cccs1)N2. The van der Waals surface area contributed by atoms with Crippen molar-refractivity contribution in [1.82, 2.24) is 9.55 Å². The van der Waals surface area contributed by atoms with Crippen LogP contribution in [0.2, 0.25) is 5.02 Å². The first-order valence-corrected chi connectivity index (χ1v) is 9.82. The van der Waals surface area contributed by atoms with Crippen molar-refractivity contribution in [2.24, 2.45) is 4.99 Å². The van der Waals surface area contributed by atoms with Gasteiger partial charge in [-0.15, -0.1) is 11.3 Å². The number of H-pyrrole nitrogens is 1. The van der Waals surface area contributed by atoms with Crippen LogP contribution in [0.4, 0.5) is 32.2 Å². The summed E-state index contributed by atoms with van der Waals surface area (Å²) < 4.78 is 85.4. The van der Waals surface area contributed by atoms with Gasteiger partial charge in [0.15, 0.2) is 0 Å². The predicted octanol–water partition coefficient (Wildman–Crippen LogP) is 4.43. The maximum Gasteiger partial charge on any atom is 0.427 e. The molecule has 32 heavy (non-hydrogen) atoms. The Morgan fingerprint density at radius 3 is 2.16 bits per heavy atom. The quantitative estimate of drug-likeness (QED) is 0.517. The Bertz CT molecular complexity index is 1310. The van der Waals surface area contributed by atoms with Crippen LogP contribution in [0, 0.1) is 0 Å². The monoisotopic (exact) mass is 494 g/mol. The fourth-order valence-electron chi connectivity index (χ4n) is 3.29. The maximum atomic E-state index is 14.1. The molecule has 168 valence electrons. The van der Waals surface area contributed by atoms with Gasteiger partial charge in [-0.2, -0.15) is 26.3 Å². The van der Waals surface area contributed by atoms with Crippen LogP contribution in [0.15, 0.2) is 56.4 Å². The zero-order valence-electron chi connectivity index (χ0n) is 15.3. The summed E-state index contributed by atoms with van der Waals surface area (Å²) in [6, 6.07) is 7.59. The third-order valence-electron chi connectivity index (χ3n) is 4.65. The van der Waals surface area contributed by atoms with Crippen molar-refractivity contribution in [2.45, 2.75) is 17.9 Å². The van der Waals surface area contributed by atoms with E-state index in [1.54, 1.807) is 4.98 Å². The zero-order chi connectivity index (χ0) is 23.5. The number of anilines is 1. The highest BCUT2D eigenvalue weighted by molar-refractivity contribution is 7.12. The fraction of sp³-hybridized carbons (Fsp3) is 0.167. The molecule has 0 aliphatic carbocycles. The lowest BCUT2D eigenvalue weighted by molar-refractivity contribution is -0.301. The maximum absolute atomic E-state index is 14.1. The van der Waals surface area contributed by atoms with Crippen LogP contribution in [0.1, 0.15) is 10.4 Å². The van der Waals surface area contributed by atoms with Gasteiger partial charge in [-0.05, 0) is 35.7 Å². The molecule has 0 bridgehead atoms. The number of hydrogen-bond acceptors (Lipinski definition) is 5. The summed E-state index contributed by atoms with van der Waals surface area (Å²) in [6.45, 7) is 0. The summed E-state index contributed by atoms with van der Waals surface area (Å²) in [4.78, 5) is 29.4. The average Bonchev–Trinajstić information content (AvgIpc) is 3.21. The van der Waals surface area contributed by atoms with Crippen LogP contribution >= 0.6 is 22.9 Å². The van der Waals surface area contributed by atoms with E-state index in [2.05, 4.69) is 10.3 Å². The Balaban J connectivity index is 2.18. The van der Waals surface area contributed by atoms with Crippen LogP contribution < -0.4 is 16.6 Å². The summed E-state index contributed by atoms with van der Waals surface area (Å²) in [5, 5.41) is 3.95. The van der Waals surface area contributed by atoms with Gasteiger partial charge in [-0.3, -0.25) is 9.78 Å². The molecule has 0 radical (unpaired) electrons. The molecule has 3 heterocycles. The Morgan fingerprint density at radius 2 is 1.62 bits per heavy atom. The number of nitrogens with one attached hydrogen (secondary N) is 2. The number of halogens is 7. The fourth-order valence-corrected chi connectivity index (χ4v) is 4.09. The molecule has 1 aliphatic heterocycles. The van der Waals surface area contributed by atoms with Crippen LogP contribution in [0.25, 0.3) is 5.69 Å². The second-order valence-corrected chi connectivity index (χ2v) is 7.95. The first-order valence-electron chi connectivity index (χ1n) is 8.57. The number of nitrogens with zero attached hydrogens (tertiary/aromatic N) is 2. The number of benzene rings is 1. The molecule has 0 saturated carbocycles. The molecule has 1 aromatic carbocycles. The molecular formula is C18H9ClF6N4O2S. The standard InChI is InChI=1S/C18H9ClF6N4O2S/c19-8-3-5-9(6-4-8)29-13-11(14(30)27-15(29)31)16(17(20,21)22,18(23,24)25)28-12(26-13)10-2-1-7-32-10/h1-7H,(H,26,28)(H,27,30,31). The summed E-state index contributed by atoms with van der Waals surface area (Å²) in [5.41, 5.74) is -9.98. The van der Waals surface area contributed by atoms with Crippen molar-refractivity contribution in [3.63, 3.8) is 0 Å². The topological polar surface area (TPSA) is 79.2 Å². The van der Waals surface area contributed by atoms with Crippen LogP contribution in [0.5, 0.6) is 0 Å². The average molecular weight is 495 g/mol. The van der Waals surface area contributed by atoms with Gasteiger partial charge in [0.1, 0.15) is 17.2 Å². The molecule has 14 heteroatoms. The highest BCUT2D eigenvalue weighted by Gasteiger charge is 2.75. The van der Waals surface area contributed by atoms with Crippen molar-refractivity contribution < 1.29 is 26.3 Å². The molecule has 1 aliphatic rings. The van der Waals surface area contributed by atoms with E-state index in [-0.39, 0.29) is 15.6 Å². The lowest BCUT2D eigenvalue weighted by Gasteiger charge is -2.38. The molecule has 0 unspecified atom stereocenters. The summed E-state index contributed by atoms with van der Waals surface area (Å²) in [7, 11) is 0. The van der Waals surface area contributed by atoms with Crippen molar-refractivity contribution >= 4 is 34.6 Å². The highest BCUT2D eigenvalue weighted by Crippen LogP contribution is 2.55. The lowest BCUT2D eigenvalue weighted by atomic mass is 9.88. The number of rotatable bonds is 2. The van der Waals surface area contributed by atoms with Crippen LogP contribution in [-0.4, -0.2) is 27.7 Å². The van der Waals surface area contributed by atoms with Crippen molar-refractivity contribution in [1.29, 1.82) is 0 Å². The van der Waals surface area contributed by atoms with E-state index in [1.807, 2.05) is 0 Å². The molecule has 0 atom stereocenters. The smallest absolute Gasteiger partial charge is 0.325 e. The summed E-state index contributed by atoms with van der Waals surface area (Å²) >= 11 is 6.61.